The smallest absolute Gasteiger partial charge is 0.233 e. The minimum Gasteiger partial charge on any atom is -0.481 e. The number of aromatic nitrogens is 1. The maximum atomic E-state index is 11.6. The first-order valence-corrected chi connectivity index (χ1v) is 6.38. The molecule has 17 heavy (non-hydrogen) atoms. The average molecular weight is 350 g/mol. The van der Waals surface area contributed by atoms with Crippen molar-refractivity contribution in [2.24, 2.45) is 0 Å². The van der Waals surface area contributed by atoms with Crippen LogP contribution in [0.5, 0.6) is 5.88 Å². The van der Waals surface area contributed by atoms with Crippen LogP contribution in [0.25, 0.3) is 0 Å². The van der Waals surface area contributed by atoms with Gasteiger partial charge in [-0.3, -0.25) is 4.79 Å². The van der Waals surface area contributed by atoms with Gasteiger partial charge in [-0.05, 0) is 18.6 Å². The second-order valence-electron chi connectivity index (χ2n) is 3.49. The highest BCUT2D eigenvalue weighted by Gasteiger charge is 2.17. The highest BCUT2D eigenvalue weighted by Crippen LogP contribution is 2.17. The van der Waals surface area contributed by atoms with Gasteiger partial charge in [-0.2, -0.15) is 0 Å². The fourth-order valence-electron chi connectivity index (χ4n) is 1.27. The number of halogens is 1. The largest absolute Gasteiger partial charge is 0.481 e. The third kappa shape index (κ3) is 4.12. The van der Waals surface area contributed by atoms with Gasteiger partial charge in [-0.15, -0.1) is 0 Å². The average Bonchev–Trinajstić information content (AvgIpc) is 2.35. The number of amides is 1. The molecule has 0 saturated carbocycles. The molecule has 0 bridgehead atoms. The Morgan fingerprint density at radius 2 is 2.41 bits per heavy atom. The summed E-state index contributed by atoms with van der Waals surface area (Å²) in [6.45, 7) is 1.62. The number of ether oxygens (including phenoxy) is 1. The number of nitrogens with zero attached hydrogens (tertiary/aromatic N) is 1. The number of rotatable bonds is 5. The van der Waals surface area contributed by atoms with Crippen LogP contribution < -0.4 is 10.1 Å². The van der Waals surface area contributed by atoms with Gasteiger partial charge in [0.2, 0.25) is 11.8 Å². The standard InChI is InChI=1S/C11H15IN2O3/c1-7(12)11(16)14-9(6-15)8-3-4-13-10(5-8)17-2/h3-5,7,9,15H,6H2,1-2H3,(H,14,16)/t7-,9-/m1/s1. The zero-order chi connectivity index (χ0) is 12.8. The molecule has 0 unspecified atom stereocenters. The van der Waals surface area contributed by atoms with Crippen molar-refractivity contribution >= 4 is 28.5 Å². The number of carbonyl (C=O) groups is 1. The molecule has 0 saturated heterocycles. The van der Waals surface area contributed by atoms with Crippen LogP contribution in [0.4, 0.5) is 0 Å². The lowest BCUT2D eigenvalue weighted by Crippen LogP contribution is -2.34. The van der Waals surface area contributed by atoms with E-state index in [1.165, 1.54) is 7.11 Å². The number of aliphatic hydroxyl groups excluding tert-OH is 1. The molecule has 0 aromatic carbocycles. The summed E-state index contributed by atoms with van der Waals surface area (Å²) in [5, 5.41) is 12.0. The molecule has 1 heterocycles. The molecule has 2 atom stereocenters. The van der Waals surface area contributed by atoms with Crippen molar-refractivity contribution in [1.29, 1.82) is 0 Å². The van der Waals surface area contributed by atoms with Crippen molar-refractivity contribution in [3.8, 4) is 5.88 Å². The Balaban J connectivity index is 2.82. The molecule has 0 radical (unpaired) electrons. The zero-order valence-corrected chi connectivity index (χ0v) is 11.8. The predicted octanol–water partition coefficient (Wildman–Crippen LogP) is 1.06. The van der Waals surface area contributed by atoms with Gasteiger partial charge in [0.25, 0.3) is 0 Å². The zero-order valence-electron chi connectivity index (χ0n) is 9.68. The maximum Gasteiger partial charge on any atom is 0.233 e. The summed E-state index contributed by atoms with van der Waals surface area (Å²) in [5.41, 5.74) is 0.768. The first-order chi connectivity index (χ1) is 8.08. The molecule has 2 N–H and O–H groups in total. The van der Waals surface area contributed by atoms with Crippen LogP contribution in [0.2, 0.25) is 0 Å². The van der Waals surface area contributed by atoms with E-state index in [1.54, 1.807) is 25.3 Å². The summed E-state index contributed by atoms with van der Waals surface area (Å²) in [4.78, 5) is 15.5. The lowest BCUT2D eigenvalue weighted by Gasteiger charge is -2.18. The predicted molar refractivity (Wildman–Crippen MR) is 72.2 cm³/mol. The highest BCUT2D eigenvalue weighted by molar-refractivity contribution is 14.1. The number of pyridine rings is 1. The van der Waals surface area contributed by atoms with E-state index in [9.17, 15) is 9.90 Å². The molecular formula is C11H15IN2O3. The molecule has 94 valence electrons. The van der Waals surface area contributed by atoms with Gasteiger partial charge < -0.3 is 15.2 Å². The topological polar surface area (TPSA) is 71.5 Å². The Morgan fingerprint density at radius 3 is 2.94 bits per heavy atom. The molecule has 6 heteroatoms. The summed E-state index contributed by atoms with van der Waals surface area (Å²) in [6.07, 6.45) is 1.58. The SMILES string of the molecule is COc1cc([C@@H](CO)NC(=O)[C@@H](C)I)ccn1. The monoisotopic (exact) mass is 350 g/mol. The minimum atomic E-state index is -0.434. The van der Waals surface area contributed by atoms with E-state index in [-0.39, 0.29) is 16.4 Å². The lowest BCUT2D eigenvalue weighted by molar-refractivity contribution is -0.121. The molecule has 1 rings (SSSR count). The molecule has 0 aliphatic heterocycles. The van der Waals surface area contributed by atoms with E-state index in [0.717, 1.165) is 5.56 Å². The van der Waals surface area contributed by atoms with Crippen molar-refractivity contribution in [3.05, 3.63) is 23.9 Å². The molecule has 1 amide bonds. The molecule has 1 aromatic rings. The van der Waals surface area contributed by atoms with E-state index < -0.39 is 6.04 Å². The number of hydrogen-bond donors (Lipinski definition) is 2. The van der Waals surface area contributed by atoms with Gasteiger partial charge in [0.15, 0.2) is 0 Å². The molecule has 0 aliphatic rings. The van der Waals surface area contributed by atoms with Crippen LogP contribution >= 0.6 is 22.6 Å². The molecule has 5 nitrogen and oxygen atoms in total. The number of methoxy groups -OCH3 is 1. The molecule has 1 aromatic heterocycles. The van der Waals surface area contributed by atoms with Crippen molar-refractivity contribution in [2.45, 2.75) is 16.9 Å². The fourth-order valence-corrected chi connectivity index (χ4v) is 1.45. The van der Waals surface area contributed by atoms with E-state index >= 15 is 0 Å². The van der Waals surface area contributed by atoms with Crippen molar-refractivity contribution < 1.29 is 14.6 Å². The van der Waals surface area contributed by atoms with Crippen molar-refractivity contribution in [2.75, 3.05) is 13.7 Å². The van der Waals surface area contributed by atoms with Crippen molar-refractivity contribution in [1.82, 2.24) is 10.3 Å². The Labute approximate surface area is 114 Å². The minimum absolute atomic E-state index is 0.111. The molecular weight excluding hydrogens is 335 g/mol. The number of carbonyl (C=O) groups excluding carboxylic acids is 1. The Bertz CT molecular complexity index is 385. The lowest BCUT2D eigenvalue weighted by atomic mass is 10.1. The quantitative estimate of drug-likeness (QED) is 0.616. The molecule has 0 spiro atoms. The second kappa shape index (κ2) is 6.75. The van der Waals surface area contributed by atoms with Crippen LogP contribution in [-0.4, -0.2) is 33.6 Å². The van der Waals surface area contributed by atoms with Gasteiger partial charge in [0.1, 0.15) is 0 Å². The summed E-state index contributed by atoms with van der Waals surface area (Å²) in [6, 6.07) is 3.00. The summed E-state index contributed by atoms with van der Waals surface area (Å²) < 4.78 is 4.85. The number of alkyl halides is 1. The molecule has 0 fully saturated rings. The third-order valence-corrected chi connectivity index (χ3v) is 2.80. The van der Waals surface area contributed by atoms with Gasteiger partial charge >= 0.3 is 0 Å². The van der Waals surface area contributed by atoms with Crippen LogP contribution in [0.1, 0.15) is 18.5 Å². The number of aliphatic hydroxyl groups is 1. The van der Waals surface area contributed by atoms with E-state index in [0.29, 0.717) is 5.88 Å². The first-order valence-electron chi connectivity index (χ1n) is 5.13. The number of hydrogen-bond acceptors (Lipinski definition) is 4. The van der Waals surface area contributed by atoms with E-state index in [4.69, 9.17) is 4.74 Å². The first kappa shape index (κ1) is 14.2. The maximum absolute atomic E-state index is 11.6. The Hall–Kier alpha value is -0.890. The van der Waals surface area contributed by atoms with Crippen LogP contribution in [0.15, 0.2) is 18.3 Å². The van der Waals surface area contributed by atoms with Crippen LogP contribution in [0.3, 0.4) is 0 Å². The fraction of sp³-hybridized carbons (Fsp3) is 0.455. The van der Waals surface area contributed by atoms with Gasteiger partial charge in [-0.25, -0.2) is 4.98 Å². The Morgan fingerprint density at radius 1 is 1.71 bits per heavy atom. The summed E-state index contributed by atoms with van der Waals surface area (Å²) >= 11 is 2.02. The van der Waals surface area contributed by atoms with Gasteiger partial charge in [0, 0.05) is 12.3 Å². The molecule has 0 aliphatic carbocycles. The third-order valence-electron chi connectivity index (χ3n) is 2.23. The normalized spacial score (nSPS) is 13.9. The van der Waals surface area contributed by atoms with E-state index in [2.05, 4.69) is 10.3 Å². The highest BCUT2D eigenvalue weighted by atomic mass is 127. The Kier molecular flexibility index (Phi) is 5.63. The van der Waals surface area contributed by atoms with Gasteiger partial charge in [0.05, 0.1) is 23.7 Å². The summed E-state index contributed by atoms with van der Waals surface area (Å²) in [5.74, 6) is 0.346. The van der Waals surface area contributed by atoms with Gasteiger partial charge in [-0.1, -0.05) is 22.6 Å². The number of nitrogens with one attached hydrogen (secondary N) is 1. The van der Waals surface area contributed by atoms with Crippen LogP contribution in [-0.2, 0) is 4.79 Å². The summed E-state index contributed by atoms with van der Waals surface area (Å²) in [7, 11) is 1.52. The van der Waals surface area contributed by atoms with E-state index in [1.807, 2.05) is 22.6 Å². The van der Waals surface area contributed by atoms with Crippen molar-refractivity contribution in [3.63, 3.8) is 0 Å². The second-order valence-corrected chi connectivity index (χ2v) is 5.36. The van der Waals surface area contributed by atoms with Crippen LogP contribution in [0, 0.1) is 0 Å².